The average Bonchev–Trinajstić information content (AvgIpc) is 2.81. The second-order valence-electron chi connectivity index (χ2n) is 4.66. The van der Waals surface area contributed by atoms with Crippen molar-refractivity contribution < 1.29 is 9.18 Å². The van der Waals surface area contributed by atoms with Crippen LogP contribution in [0.5, 0.6) is 0 Å². The minimum atomic E-state index is -0.398. The highest BCUT2D eigenvalue weighted by Gasteiger charge is 2.12. The van der Waals surface area contributed by atoms with Crippen molar-refractivity contribution in [2.45, 2.75) is 32.7 Å². The van der Waals surface area contributed by atoms with E-state index in [0.717, 1.165) is 18.8 Å². The van der Waals surface area contributed by atoms with Crippen LogP contribution in [0, 0.1) is 5.82 Å². The molecule has 0 saturated carbocycles. The standard InChI is InChI=1S/C15H16ClFN2O/c1-2-6-19-7-5-18-15(19)10-13(20)8-11-3-4-12(17)9-14(11)16/h3-5,7,9H,2,6,8,10H2,1H3. The van der Waals surface area contributed by atoms with E-state index in [4.69, 9.17) is 11.6 Å². The predicted octanol–water partition coefficient (Wildman–Crippen LogP) is 3.44. The van der Waals surface area contributed by atoms with Gasteiger partial charge in [-0.1, -0.05) is 24.6 Å². The Bertz CT molecular complexity index is 610. The second kappa shape index (κ2) is 6.66. The van der Waals surface area contributed by atoms with Gasteiger partial charge in [-0.15, -0.1) is 0 Å². The van der Waals surface area contributed by atoms with Crippen molar-refractivity contribution in [3.63, 3.8) is 0 Å². The molecular weight excluding hydrogens is 279 g/mol. The fourth-order valence-electron chi connectivity index (χ4n) is 2.07. The van der Waals surface area contributed by atoms with Crippen molar-refractivity contribution in [2.24, 2.45) is 0 Å². The van der Waals surface area contributed by atoms with Crippen molar-refractivity contribution in [2.75, 3.05) is 0 Å². The quantitative estimate of drug-likeness (QED) is 0.818. The van der Waals surface area contributed by atoms with Crippen LogP contribution in [0.1, 0.15) is 24.7 Å². The van der Waals surface area contributed by atoms with Gasteiger partial charge in [-0.05, 0) is 24.1 Å². The number of rotatable bonds is 6. The molecule has 106 valence electrons. The zero-order valence-electron chi connectivity index (χ0n) is 11.3. The summed E-state index contributed by atoms with van der Waals surface area (Å²) < 4.78 is 14.9. The van der Waals surface area contributed by atoms with Gasteiger partial charge in [-0.2, -0.15) is 0 Å². The number of aromatic nitrogens is 2. The molecule has 0 aliphatic heterocycles. The fraction of sp³-hybridized carbons (Fsp3) is 0.333. The first-order valence-corrected chi connectivity index (χ1v) is 6.93. The van der Waals surface area contributed by atoms with Gasteiger partial charge in [0, 0.05) is 30.4 Å². The van der Waals surface area contributed by atoms with Crippen LogP contribution in [-0.4, -0.2) is 15.3 Å². The summed E-state index contributed by atoms with van der Waals surface area (Å²) in [6.07, 6.45) is 5.01. The maximum absolute atomic E-state index is 12.9. The molecule has 1 heterocycles. The summed E-state index contributed by atoms with van der Waals surface area (Å²) in [4.78, 5) is 16.3. The first kappa shape index (κ1) is 14.7. The summed E-state index contributed by atoms with van der Waals surface area (Å²) >= 11 is 5.92. The molecule has 0 aliphatic carbocycles. The van der Waals surface area contributed by atoms with Crippen LogP contribution in [0.3, 0.4) is 0 Å². The van der Waals surface area contributed by atoms with E-state index in [1.807, 2.05) is 10.8 Å². The van der Waals surface area contributed by atoms with Crippen LogP contribution in [0.15, 0.2) is 30.6 Å². The van der Waals surface area contributed by atoms with Crippen molar-refractivity contribution >= 4 is 17.4 Å². The molecule has 0 spiro atoms. The zero-order valence-corrected chi connectivity index (χ0v) is 12.0. The van der Waals surface area contributed by atoms with Gasteiger partial charge in [0.1, 0.15) is 17.4 Å². The topological polar surface area (TPSA) is 34.9 Å². The number of hydrogen-bond acceptors (Lipinski definition) is 2. The molecule has 0 N–H and O–H groups in total. The van der Waals surface area contributed by atoms with E-state index in [-0.39, 0.29) is 23.6 Å². The smallest absolute Gasteiger partial charge is 0.144 e. The number of ketones is 1. The molecule has 0 radical (unpaired) electrons. The first-order valence-electron chi connectivity index (χ1n) is 6.55. The highest BCUT2D eigenvalue weighted by Crippen LogP contribution is 2.18. The first-order chi connectivity index (χ1) is 9.60. The maximum atomic E-state index is 12.9. The average molecular weight is 295 g/mol. The van der Waals surface area contributed by atoms with E-state index in [9.17, 15) is 9.18 Å². The second-order valence-corrected chi connectivity index (χ2v) is 5.07. The normalized spacial score (nSPS) is 10.8. The van der Waals surface area contributed by atoms with E-state index < -0.39 is 5.82 Å². The minimum absolute atomic E-state index is 0.0158. The third-order valence-corrected chi connectivity index (χ3v) is 3.38. The fourth-order valence-corrected chi connectivity index (χ4v) is 2.30. The van der Waals surface area contributed by atoms with E-state index in [1.165, 1.54) is 12.1 Å². The SMILES string of the molecule is CCCn1ccnc1CC(=O)Cc1ccc(F)cc1Cl. The number of halogens is 2. The summed E-state index contributed by atoms with van der Waals surface area (Å²) in [5.74, 6) is 0.377. The van der Waals surface area contributed by atoms with Gasteiger partial charge in [-0.25, -0.2) is 9.37 Å². The number of nitrogens with zero attached hydrogens (tertiary/aromatic N) is 2. The molecule has 2 rings (SSSR count). The molecular formula is C15H16ClFN2O. The van der Waals surface area contributed by atoms with Gasteiger partial charge >= 0.3 is 0 Å². The molecule has 0 atom stereocenters. The van der Waals surface area contributed by atoms with Gasteiger partial charge in [0.15, 0.2) is 0 Å². The number of benzene rings is 1. The third kappa shape index (κ3) is 3.67. The Morgan fingerprint density at radius 3 is 2.90 bits per heavy atom. The Morgan fingerprint density at radius 2 is 2.20 bits per heavy atom. The maximum Gasteiger partial charge on any atom is 0.144 e. The Balaban J connectivity index is 2.03. The molecule has 0 unspecified atom stereocenters. The Labute approximate surface area is 122 Å². The van der Waals surface area contributed by atoms with E-state index >= 15 is 0 Å². The molecule has 3 nitrogen and oxygen atoms in total. The summed E-state index contributed by atoms with van der Waals surface area (Å²) in [5, 5.41) is 0.287. The monoisotopic (exact) mass is 294 g/mol. The third-order valence-electron chi connectivity index (χ3n) is 3.02. The molecule has 0 bridgehead atoms. The van der Waals surface area contributed by atoms with Crippen molar-refractivity contribution in [1.29, 1.82) is 0 Å². The van der Waals surface area contributed by atoms with Crippen molar-refractivity contribution in [3.05, 3.63) is 52.8 Å². The molecule has 0 saturated heterocycles. The van der Waals surface area contributed by atoms with Gasteiger partial charge in [0.05, 0.1) is 6.42 Å². The minimum Gasteiger partial charge on any atom is -0.335 e. The van der Waals surface area contributed by atoms with Gasteiger partial charge in [-0.3, -0.25) is 4.79 Å². The summed E-state index contributed by atoms with van der Waals surface area (Å²) in [7, 11) is 0. The van der Waals surface area contributed by atoms with Crippen LogP contribution in [0.4, 0.5) is 4.39 Å². The predicted molar refractivity (Wildman–Crippen MR) is 76.3 cm³/mol. The summed E-state index contributed by atoms with van der Waals surface area (Å²) in [5.41, 5.74) is 0.645. The van der Waals surface area contributed by atoms with Crippen LogP contribution in [-0.2, 0) is 24.2 Å². The van der Waals surface area contributed by atoms with Crippen LogP contribution in [0.25, 0.3) is 0 Å². The number of hydrogen-bond donors (Lipinski definition) is 0. The highest BCUT2D eigenvalue weighted by molar-refractivity contribution is 6.31. The largest absolute Gasteiger partial charge is 0.335 e. The summed E-state index contributed by atoms with van der Waals surface area (Å²) in [6, 6.07) is 4.09. The van der Waals surface area contributed by atoms with Crippen molar-refractivity contribution in [1.82, 2.24) is 9.55 Å². The number of imidazole rings is 1. The lowest BCUT2D eigenvalue weighted by Gasteiger charge is -2.07. The number of Topliss-reactive ketones (excluding diaryl/α,β-unsaturated/α-hetero) is 1. The van der Waals surface area contributed by atoms with Gasteiger partial charge < -0.3 is 4.57 Å². The molecule has 1 aromatic heterocycles. The van der Waals surface area contributed by atoms with Crippen LogP contribution in [0.2, 0.25) is 5.02 Å². The molecule has 0 amide bonds. The lowest BCUT2D eigenvalue weighted by Crippen LogP contribution is -2.12. The van der Waals surface area contributed by atoms with Crippen LogP contribution < -0.4 is 0 Å². The molecule has 5 heteroatoms. The Morgan fingerprint density at radius 1 is 1.40 bits per heavy atom. The number of carbonyl (C=O) groups is 1. The van der Waals surface area contributed by atoms with Crippen LogP contribution >= 0.6 is 11.6 Å². The van der Waals surface area contributed by atoms with Crippen molar-refractivity contribution in [3.8, 4) is 0 Å². The summed E-state index contributed by atoms with van der Waals surface area (Å²) in [6.45, 7) is 2.92. The van der Waals surface area contributed by atoms with E-state index in [0.29, 0.717) is 5.56 Å². The molecule has 2 aromatic rings. The number of carbonyl (C=O) groups excluding carboxylic acids is 1. The van der Waals surface area contributed by atoms with Gasteiger partial charge in [0.25, 0.3) is 0 Å². The van der Waals surface area contributed by atoms with E-state index in [1.54, 1.807) is 12.3 Å². The Hall–Kier alpha value is -1.68. The molecule has 1 aromatic carbocycles. The number of aryl methyl sites for hydroxylation is 1. The lowest BCUT2D eigenvalue weighted by atomic mass is 10.1. The lowest BCUT2D eigenvalue weighted by molar-refractivity contribution is -0.117. The van der Waals surface area contributed by atoms with E-state index in [2.05, 4.69) is 11.9 Å². The molecule has 0 fully saturated rings. The molecule has 0 aliphatic rings. The molecule has 20 heavy (non-hydrogen) atoms. The zero-order chi connectivity index (χ0) is 14.5. The highest BCUT2D eigenvalue weighted by atomic mass is 35.5. The Kier molecular flexibility index (Phi) is 4.90. The van der Waals surface area contributed by atoms with Gasteiger partial charge in [0.2, 0.25) is 0 Å².